The third-order valence-corrected chi connectivity index (χ3v) is 10.7. The number of hydrogen-bond acceptors (Lipinski definition) is 5. The number of carbonyl (C=O) groups excluding carboxylic acids is 2. The van der Waals surface area contributed by atoms with E-state index in [0.717, 1.165) is 66.3 Å². The van der Waals surface area contributed by atoms with Crippen LogP contribution in [0.5, 0.6) is 0 Å². The van der Waals surface area contributed by atoms with Crippen molar-refractivity contribution in [2.45, 2.75) is 0 Å². The topological polar surface area (TPSA) is 96.2 Å². The fourth-order valence-electron chi connectivity index (χ4n) is 7.97. The molecule has 9 aromatic rings. The lowest BCUT2D eigenvalue weighted by Gasteiger charge is -2.18. The number of amides is 2. The molecule has 0 N–H and O–H groups in total. The molecule has 0 spiro atoms. The molecule has 0 bridgehead atoms. The van der Waals surface area contributed by atoms with E-state index >= 15 is 0 Å². The summed E-state index contributed by atoms with van der Waals surface area (Å²) in [5.74, 6) is -0.807. The zero-order valence-corrected chi connectivity index (χ0v) is 30.7. The molecule has 0 unspecified atom stereocenters. The maximum Gasteiger partial charge on any atom is 0.268 e. The lowest BCUT2D eigenvalue weighted by Crippen LogP contribution is -2.29. The lowest BCUT2D eigenvalue weighted by atomic mass is 9.97. The van der Waals surface area contributed by atoms with Crippen LogP contribution in [0.25, 0.3) is 76.8 Å². The van der Waals surface area contributed by atoms with E-state index in [1.54, 1.807) is 24.5 Å². The number of fused-ring (bicyclic) bond motifs is 4. The van der Waals surface area contributed by atoms with Crippen LogP contribution in [0.1, 0.15) is 26.3 Å². The van der Waals surface area contributed by atoms with Crippen molar-refractivity contribution in [3.8, 4) is 56.3 Å². The average Bonchev–Trinajstić information content (AvgIpc) is 3.75. The van der Waals surface area contributed by atoms with E-state index in [4.69, 9.17) is 6.57 Å². The minimum absolute atomic E-state index is 0.311. The van der Waals surface area contributed by atoms with E-state index in [1.807, 2.05) is 120 Å². The summed E-state index contributed by atoms with van der Waals surface area (Å²) in [5, 5.41) is 11.4. The molecule has 0 radical (unpaired) electrons. The molecule has 270 valence electrons. The molecule has 10 rings (SSSR count). The second-order valence-corrected chi connectivity index (χ2v) is 14.1. The maximum atomic E-state index is 14.9. The molecule has 1 aliphatic rings. The molecule has 0 aliphatic carbocycles. The van der Waals surface area contributed by atoms with E-state index < -0.39 is 11.8 Å². The highest BCUT2D eigenvalue weighted by atomic mass is 16.2. The summed E-state index contributed by atoms with van der Waals surface area (Å²) in [4.78, 5) is 42.9. The van der Waals surface area contributed by atoms with Crippen LogP contribution in [0.3, 0.4) is 0 Å². The van der Waals surface area contributed by atoms with Gasteiger partial charge in [0.1, 0.15) is 6.07 Å². The van der Waals surface area contributed by atoms with E-state index in [1.165, 1.54) is 17.3 Å². The maximum absolute atomic E-state index is 14.9. The number of nitrogens with zero attached hydrogens (tertiary/aromatic N) is 6. The Morgan fingerprint density at radius 2 is 1.14 bits per heavy atom. The van der Waals surface area contributed by atoms with Crippen LogP contribution in [0.4, 0.5) is 11.4 Å². The summed E-state index contributed by atoms with van der Waals surface area (Å²) < 4.78 is 2.04. The number of anilines is 1. The Bertz CT molecular complexity index is 3080. The van der Waals surface area contributed by atoms with Gasteiger partial charge in [0, 0.05) is 41.1 Å². The van der Waals surface area contributed by atoms with Crippen molar-refractivity contribution in [3.63, 3.8) is 0 Å². The number of imide groups is 1. The average molecular weight is 745 g/mol. The highest BCUT2D eigenvalue weighted by molar-refractivity contribution is 6.36. The first-order chi connectivity index (χ1) is 28.5. The van der Waals surface area contributed by atoms with Crippen molar-refractivity contribution in [1.82, 2.24) is 14.5 Å². The summed E-state index contributed by atoms with van der Waals surface area (Å²) in [6, 6.07) is 49.0. The van der Waals surface area contributed by atoms with Gasteiger partial charge in [-0.1, -0.05) is 78.9 Å². The van der Waals surface area contributed by atoms with Crippen LogP contribution in [-0.4, -0.2) is 26.3 Å². The molecule has 0 saturated carbocycles. The Hall–Kier alpha value is -8.46. The molecule has 0 atom stereocenters. The molecule has 2 amide bonds. The zero-order valence-electron chi connectivity index (χ0n) is 30.7. The fraction of sp³-hybridized carbons (Fsp3) is 0. The number of rotatable bonds is 6. The number of hydrogen-bond donors (Lipinski definition) is 0. The standard InChI is InChI=1S/C50H28N6O2/c1-52-40-21-39(29-54-30-40)35-16-18-46-44(25-35)43-24-34(38-19-31(26-51)27-53-28-38)15-17-45(43)56(46)47-14-8-13-42-48(47)50(58)55(49(42)57)41-22-36(32-9-4-2-5-10-32)20-37(23-41)33-11-6-3-7-12-33/h2-25,27-30H. The van der Waals surface area contributed by atoms with Crippen LogP contribution >= 0.6 is 0 Å². The molecular weight excluding hydrogens is 717 g/mol. The van der Waals surface area contributed by atoms with Crippen molar-refractivity contribution < 1.29 is 9.59 Å². The molecule has 0 fully saturated rings. The van der Waals surface area contributed by atoms with E-state index in [-0.39, 0.29) is 0 Å². The second kappa shape index (κ2) is 13.7. The third-order valence-electron chi connectivity index (χ3n) is 10.7. The Kier molecular flexibility index (Phi) is 8.04. The Balaban J connectivity index is 1.17. The van der Waals surface area contributed by atoms with Crippen molar-refractivity contribution >= 4 is 45.0 Å². The summed E-state index contributed by atoms with van der Waals surface area (Å²) in [6.07, 6.45) is 6.53. The van der Waals surface area contributed by atoms with Gasteiger partial charge in [-0.3, -0.25) is 19.6 Å². The van der Waals surface area contributed by atoms with Gasteiger partial charge in [-0.2, -0.15) is 5.26 Å². The minimum Gasteiger partial charge on any atom is -0.308 e. The SMILES string of the molecule is [C-]#[N+]c1cncc(-c2ccc3c(c2)c2cc(-c4cncc(C#N)c4)ccc2n3-c2cccc3c2C(=O)N(c2cc(-c4ccccc4)cc(-c4ccccc4)c2)C3=O)c1. The third kappa shape index (κ3) is 5.61. The molecule has 4 heterocycles. The van der Waals surface area contributed by atoms with Gasteiger partial charge in [0.15, 0.2) is 0 Å². The molecule has 0 saturated heterocycles. The Morgan fingerprint density at radius 3 is 1.74 bits per heavy atom. The summed E-state index contributed by atoms with van der Waals surface area (Å²) in [6.45, 7) is 7.54. The minimum atomic E-state index is -0.413. The molecule has 1 aliphatic heterocycles. The highest BCUT2D eigenvalue weighted by Gasteiger charge is 2.39. The van der Waals surface area contributed by atoms with Gasteiger partial charge in [0.05, 0.1) is 45.7 Å². The number of benzene rings is 6. The van der Waals surface area contributed by atoms with E-state index in [2.05, 4.69) is 39.1 Å². The van der Waals surface area contributed by atoms with Crippen molar-refractivity contribution in [2.75, 3.05) is 4.90 Å². The molecule has 58 heavy (non-hydrogen) atoms. The van der Waals surface area contributed by atoms with Gasteiger partial charge in [0.2, 0.25) is 5.69 Å². The molecular formula is C50H28N6O2. The van der Waals surface area contributed by atoms with Gasteiger partial charge in [-0.05, 0) is 106 Å². The molecule has 6 aromatic carbocycles. The summed E-state index contributed by atoms with van der Waals surface area (Å²) in [5.41, 5.74) is 11.2. The lowest BCUT2D eigenvalue weighted by molar-refractivity contribution is 0.0926. The number of nitriles is 1. The zero-order chi connectivity index (χ0) is 39.3. The van der Waals surface area contributed by atoms with Gasteiger partial charge in [-0.25, -0.2) is 9.74 Å². The van der Waals surface area contributed by atoms with Gasteiger partial charge in [-0.15, -0.1) is 0 Å². The quantitative estimate of drug-likeness (QED) is 0.125. The second-order valence-electron chi connectivity index (χ2n) is 14.1. The smallest absolute Gasteiger partial charge is 0.268 e. The number of aromatic nitrogens is 3. The van der Waals surface area contributed by atoms with Crippen LogP contribution < -0.4 is 4.90 Å². The molecule has 8 nitrogen and oxygen atoms in total. The first-order valence-electron chi connectivity index (χ1n) is 18.5. The van der Waals surface area contributed by atoms with Gasteiger partial charge >= 0.3 is 0 Å². The fourth-order valence-corrected chi connectivity index (χ4v) is 7.97. The Morgan fingerprint density at radius 1 is 0.534 bits per heavy atom. The molecule has 8 heteroatoms. The first-order valence-corrected chi connectivity index (χ1v) is 18.5. The van der Waals surface area contributed by atoms with Gasteiger partial charge in [0.25, 0.3) is 11.8 Å². The summed E-state index contributed by atoms with van der Waals surface area (Å²) in [7, 11) is 0. The largest absolute Gasteiger partial charge is 0.308 e. The van der Waals surface area contributed by atoms with Crippen molar-refractivity contribution in [2.24, 2.45) is 0 Å². The van der Waals surface area contributed by atoms with Crippen LogP contribution in [0, 0.1) is 17.9 Å². The van der Waals surface area contributed by atoms with Crippen LogP contribution in [-0.2, 0) is 0 Å². The van der Waals surface area contributed by atoms with Crippen LogP contribution in [0.2, 0.25) is 0 Å². The highest BCUT2D eigenvalue weighted by Crippen LogP contribution is 2.42. The van der Waals surface area contributed by atoms with Crippen molar-refractivity contribution in [3.05, 3.63) is 198 Å². The van der Waals surface area contributed by atoms with Gasteiger partial charge < -0.3 is 4.57 Å². The van der Waals surface area contributed by atoms with Crippen molar-refractivity contribution in [1.29, 1.82) is 5.26 Å². The van der Waals surface area contributed by atoms with Crippen LogP contribution in [0.15, 0.2) is 170 Å². The predicted molar refractivity (Wildman–Crippen MR) is 227 cm³/mol. The number of pyridine rings is 2. The predicted octanol–water partition coefficient (Wildman–Crippen LogP) is 11.5. The molecule has 3 aromatic heterocycles. The summed E-state index contributed by atoms with van der Waals surface area (Å²) >= 11 is 0. The monoisotopic (exact) mass is 744 g/mol. The first kappa shape index (κ1) is 34.1. The Labute approximate surface area is 333 Å². The normalized spacial score (nSPS) is 12.1. The van der Waals surface area contributed by atoms with E-state index in [0.29, 0.717) is 33.8 Å². The van der Waals surface area contributed by atoms with E-state index in [9.17, 15) is 14.9 Å². The number of carbonyl (C=O) groups is 2.